The number of hydrogen-bond donors (Lipinski definition) is 1. The highest BCUT2D eigenvalue weighted by atomic mass is 16.5. The molecule has 0 saturated carbocycles. The lowest BCUT2D eigenvalue weighted by Gasteiger charge is -2.31. The van der Waals surface area contributed by atoms with Crippen LogP contribution in [0.15, 0.2) is 42.0 Å². The second kappa shape index (κ2) is 11.7. The molecule has 2 heterocycles. The molecule has 2 fully saturated rings. The second-order valence-corrected chi connectivity index (χ2v) is 8.97. The molecule has 1 unspecified atom stereocenters. The van der Waals surface area contributed by atoms with Gasteiger partial charge in [0, 0.05) is 31.7 Å². The smallest absolute Gasteiger partial charge is 0.295 e. The highest BCUT2D eigenvalue weighted by molar-refractivity contribution is 6.46. The summed E-state index contributed by atoms with van der Waals surface area (Å²) in [6, 6.07) is 9.69. The predicted octanol–water partition coefficient (Wildman–Crippen LogP) is 3.16. The largest absolute Gasteiger partial charge is 0.507 e. The second-order valence-electron chi connectivity index (χ2n) is 8.97. The number of likely N-dealkylation sites (tertiary alicyclic amines) is 1. The number of Topliss-reactive ketones (excluding diaryl/α,β-unsaturated/α-hetero) is 1. The summed E-state index contributed by atoms with van der Waals surface area (Å²) >= 11 is 0. The summed E-state index contributed by atoms with van der Waals surface area (Å²) in [5.74, 6) is 0.108. The molecule has 37 heavy (non-hydrogen) atoms. The fourth-order valence-corrected chi connectivity index (χ4v) is 4.82. The Bertz CT molecular complexity index is 1190. The van der Waals surface area contributed by atoms with Gasteiger partial charge in [-0.1, -0.05) is 6.07 Å². The van der Waals surface area contributed by atoms with Crippen molar-refractivity contribution in [3.8, 4) is 17.2 Å². The number of aliphatic hydroxyl groups excluding tert-OH is 1. The van der Waals surface area contributed by atoms with Crippen molar-refractivity contribution in [1.29, 1.82) is 0 Å². The van der Waals surface area contributed by atoms with Gasteiger partial charge < -0.3 is 29.0 Å². The lowest BCUT2D eigenvalue weighted by atomic mass is 9.94. The first-order chi connectivity index (χ1) is 17.9. The maximum absolute atomic E-state index is 13.4. The fraction of sp³-hybridized carbons (Fsp3) is 0.429. The molecule has 0 bridgehead atoms. The normalized spacial score (nSPS) is 19.8. The number of rotatable bonds is 9. The van der Waals surface area contributed by atoms with Gasteiger partial charge in [0.15, 0.2) is 11.5 Å². The summed E-state index contributed by atoms with van der Waals surface area (Å²) < 4.78 is 21.9. The molecule has 198 valence electrons. The number of aliphatic hydroxyl groups is 1. The van der Waals surface area contributed by atoms with Crippen molar-refractivity contribution in [3.63, 3.8) is 0 Å². The number of nitrogens with zero attached hydrogens (tertiary/aromatic N) is 2. The summed E-state index contributed by atoms with van der Waals surface area (Å²) in [7, 11) is 3.07. The highest BCUT2D eigenvalue weighted by Crippen LogP contribution is 2.42. The number of carbonyl (C=O) groups excluding carboxylic acids is 2. The number of aryl methyl sites for hydroxylation is 1. The zero-order chi connectivity index (χ0) is 26.5. The zero-order valence-corrected chi connectivity index (χ0v) is 21.8. The Morgan fingerprint density at radius 1 is 1.00 bits per heavy atom. The lowest BCUT2D eigenvalue weighted by molar-refractivity contribution is -0.140. The molecule has 9 heteroatoms. The standard InChI is InChI=1S/C28H34N2O7/c1-5-37-21-8-7-20(16-18(21)2)26(31)24-25(19-6-9-22(34-3)23(17-19)35-4)30(28(33)27(24)32)11-10-29-12-14-36-15-13-29/h6-9,16-17,25,31H,5,10-15H2,1-4H3/b26-24-. The molecule has 0 radical (unpaired) electrons. The predicted molar refractivity (Wildman–Crippen MR) is 138 cm³/mol. The van der Waals surface area contributed by atoms with Crippen LogP contribution in [0.1, 0.15) is 29.7 Å². The molecule has 1 atom stereocenters. The van der Waals surface area contributed by atoms with Crippen LogP contribution in [0.5, 0.6) is 17.2 Å². The number of morpholine rings is 1. The van der Waals surface area contributed by atoms with Crippen LogP contribution in [0.4, 0.5) is 0 Å². The molecular weight excluding hydrogens is 476 g/mol. The van der Waals surface area contributed by atoms with Crippen molar-refractivity contribution in [3.05, 3.63) is 58.7 Å². The average Bonchev–Trinajstić information content (AvgIpc) is 3.17. The summed E-state index contributed by atoms with van der Waals surface area (Å²) in [5, 5.41) is 11.4. The van der Waals surface area contributed by atoms with E-state index in [9.17, 15) is 14.7 Å². The Labute approximate surface area is 217 Å². The van der Waals surface area contributed by atoms with Crippen molar-refractivity contribution < 1.29 is 33.6 Å². The van der Waals surface area contributed by atoms with E-state index in [2.05, 4.69) is 4.90 Å². The molecule has 0 aromatic heterocycles. The minimum atomic E-state index is -0.785. The van der Waals surface area contributed by atoms with Crippen LogP contribution in [0.2, 0.25) is 0 Å². The monoisotopic (exact) mass is 510 g/mol. The number of amides is 1. The van der Waals surface area contributed by atoms with Crippen molar-refractivity contribution in [2.75, 3.05) is 60.2 Å². The number of methoxy groups -OCH3 is 2. The zero-order valence-electron chi connectivity index (χ0n) is 21.8. The first kappa shape index (κ1) is 26.5. The van der Waals surface area contributed by atoms with E-state index in [-0.39, 0.29) is 11.3 Å². The van der Waals surface area contributed by atoms with E-state index >= 15 is 0 Å². The Balaban J connectivity index is 1.78. The van der Waals surface area contributed by atoms with Crippen LogP contribution in [0, 0.1) is 6.92 Å². The highest BCUT2D eigenvalue weighted by Gasteiger charge is 2.46. The van der Waals surface area contributed by atoms with E-state index in [1.165, 1.54) is 12.0 Å². The van der Waals surface area contributed by atoms with Crippen LogP contribution >= 0.6 is 0 Å². The minimum Gasteiger partial charge on any atom is -0.507 e. The number of ketones is 1. The summed E-state index contributed by atoms with van der Waals surface area (Å²) in [5.41, 5.74) is 1.94. The van der Waals surface area contributed by atoms with Gasteiger partial charge in [0.2, 0.25) is 0 Å². The third-order valence-electron chi connectivity index (χ3n) is 6.77. The van der Waals surface area contributed by atoms with Gasteiger partial charge in [-0.15, -0.1) is 0 Å². The maximum atomic E-state index is 13.4. The van der Waals surface area contributed by atoms with Crippen molar-refractivity contribution in [1.82, 2.24) is 9.80 Å². The van der Waals surface area contributed by atoms with E-state index in [0.29, 0.717) is 61.3 Å². The molecule has 0 spiro atoms. The average molecular weight is 511 g/mol. The van der Waals surface area contributed by atoms with Crippen LogP contribution < -0.4 is 14.2 Å². The molecule has 9 nitrogen and oxygen atoms in total. The molecule has 0 aliphatic carbocycles. The Morgan fingerprint density at radius 2 is 1.70 bits per heavy atom. The van der Waals surface area contributed by atoms with Gasteiger partial charge in [0.1, 0.15) is 11.5 Å². The first-order valence-electron chi connectivity index (χ1n) is 12.4. The van der Waals surface area contributed by atoms with Crippen molar-refractivity contribution in [2.24, 2.45) is 0 Å². The van der Waals surface area contributed by atoms with Gasteiger partial charge in [0.25, 0.3) is 11.7 Å². The van der Waals surface area contributed by atoms with Crippen LogP contribution in [-0.4, -0.2) is 86.8 Å². The Morgan fingerprint density at radius 3 is 2.35 bits per heavy atom. The minimum absolute atomic E-state index is 0.0442. The van der Waals surface area contributed by atoms with E-state index in [1.54, 1.807) is 43.5 Å². The van der Waals surface area contributed by atoms with E-state index in [1.807, 2.05) is 13.8 Å². The van der Waals surface area contributed by atoms with Gasteiger partial charge >= 0.3 is 0 Å². The van der Waals surface area contributed by atoms with Crippen LogP contribution in [0.25, 0.3) is 5.76 Å². The van der Waals surface area contributed by atoms with Crippen LogP contribution in [-0.2, 0) is 14.3 Å². The van der Waals surface area contributed by atoms with Gasteiger partial charge in [-0.05, 0) is 55.3 Å². The Kier molecular flexibility index (Phi) is 8.35. The molecule has 1 amide bonds. The molecular formula is C28H34N2O7. The maximum Gasteiger partial charge on any atom is 0.295 e. The SMILES string of the molecule is CCOc1ccc(/C(O)=C2/C(=O)C(=O)N(CCN3CCOCC3)C2c2ccc(OC)c(OC)c2)cc1C. The van der Waals surface area contributed by atoms with Gasteiger partial charge in [-0.3, -0.25) is 14.5 Å². The third kappa shape index (κ3) is 5.42. The van der Waals surface area contributed by atoms with E-state index < -0.39 is 17.7 Å². The fourth-order valence-electron chi connectivity index (χ4n) is 4.82. The first-order valence-corrected chi connectivity index (χ1v) is 12.4. The number of benzene rings is 2. The lowest BCUT2D eigenvalue weighted by Crippen LogP contribution is -2.42. The van der Waals surface area contributed by atoms with Gasteiger partial charge in [-0.25, -0.2) is 0 Å². The van der Waals surface area contributed by atoms with Crippen molar-refractivity contribution >= 4 is 17.4 Å². The Hall–Kier alpha value is -3.56. The summed E-state index contributed by atoms with van der Waals surface area (Å²) in [6.45, 7) is 7.98. The number of carbonyl (C=O) groups is 2. The third-order valence-corrected chi connectivity index (χ3v) is 6.77. The molecule has 2 aliphatic heterocycles. The van der Waals surface area contributed by atoms with E-state index in [0.717, 1.165) is 18.7 Å². The molecule has 2 saturated heterocycles. The molecule has 1 N–H and O–H groups in total. The topological polar surface area (TPSA) is 97.8 Å². The van der Waals surface area contributed by atoms with Gasteiger partial charge in [0.05, 0.1) is 45.7 Å². The number of hydrogen-bond acceptors (Lipinski definition) is 8. The summed E-state index contributed by atoms with van der Waals surface area (Å²) in [4.78, 5) is 30.4. The molecule has 4 rings (SSSR count). The quantitative estimate of drug-likeness (QED) is 0.312. The number of ether oxygens (including phenoxy) is 4. The van der Waals surface area contributed by atoms with Gasteiger partial charge in [-0.2, -0.15) is 0 Å². The van der Waals surface area contributed by atoms with Crippen LogP contribution in [0.3, 0.4) is 0 Å². The van der Waals surface area contributed by atoms with Crippen molar-refractivity contribution in [2.45, 2.75) is 19.9 Å². The molecule has 2 aromatic carbocycles. The molecule has 2 aliphatic rings. The summed E-state index contributed by atoms with van der Waals surface area (Å²) in [6.07, 6.45) is 0. The van der Waals surface area contributed by atoms with E-state index in [4.69, 9.17) is 18.9 Å². The molecule has 2 aromatic rings.